The molecule has 2 aliphatic heterocycles. The number of rotatable bonds is 12. The molecule has 0 saturated carbocycles. The van der Waals surface area contributed by atoms with Crippen molar-refractivity contribution < 1.29 is 38.0 Å². The molecule has 0 N–H and O–H groups in total. The van der Waals surface area contributed by atoms with E-state index in [0.717, 1.165) is 5.56 Å². The van der Waals surface area contributed by atoms with Crippen molar-refractivity contribution in [3.05, 3.63) is 23.8 Å². The fourth-order valence-corrected chi connectivity index (χ4v) is 3.98. The van der Waals surface area contributed by atoms with Gasteiger partial charge in [0.05, 0.1) is 33.0 Å². The predicted molar refractivity (Wildman–Crippen MR) is 123 cm³/mol. The second kappa shape index (κ2) is 14.0. The van der Waals surface area contributed by atoms with E-state index in [1.807, 2.05) is 23.1 Å². The van der Waals surface area contributed by atoms with Crippen LogP contribution < -0.4 is 9.47 Å². The molecule has 2 heterocycles. The van der Waals surface area contributed by atoms with E-state index in [0.29, 0.717) is 90.2 Å². The number of amides is 2. The molecule has 0 radical (unpaired) electrons. The number of methoxy groups -OCH3 is 1. The number of ether oxygens (including phenoxy) is 6. The van der Waals surface area contributed by atoms with Crippen molar-refractivity contribution in [2.45, 2.75) is 32.4 Å². The molecular formula is C24H36N2O8. The Morgan fingerprint density at radius 2 is 1.74 bits per heavy atom. The van der Waals surface area contributed by atoms with Gasteiger partial charge in [-0.15, -0.1) is 0 Å². The summed E-state index contributed by atoms with van der Waals surface area (Å²) in [5.41, 5.74) is 0.952. The van der Waals surface area contributed by atoms with Crippen LogP contribution in [-0.2, 0) is 30.3 Å². The average Bonchev–Trinajstić information content (AvgIpc) is 2.87. The lowest BCUT2D eigenvalue weighted by Gasteiger charge is -2.38. The number of carbonyl (C=O) groups is 2. The number of hydrogen-bond acceptors (Lipinski definition) is 8. The zero-order valence-electron chi connectivity index (χ0n) is 20.2. The van der Waals surface area contributed by atoms with Gasteiger partial charge in [-0.1, -0.05) is 6.07 Å². The minimum absolute atomic E-state index is 0.00655. The SMILES string of the molecule is CCOC(=O)N1CCC(N(Cc2ccc3c(c2)OCCO3)C(=O)COCCOCCOC)CC1. The van der Waals surface area contributed by atoms with Crippen LogP contribution in [0, 0.1) is 0 Å². The van der Waals surface area contributed by atoms with Gasteiger partial charge in [0, 0.05) is 32.8 Å². The molecule has 2 amide bonds. The summed E-state index contributed by atoms with van der Waals surface area (Å²) < 4.78 is 32.3. The van der Waals surface area contributed by atoms with E-state index in [1.54, 1.807) is 18.9 Å². The second-order valence-electron chi connectivity index (χ2n) is 8.07. The molecule has 0 aromatic heterocycles. The molecule has 3 rings (SSSR count). The van der Waals surface area contributed by atoms with Gasteiger partial charge in [0.15, 0.2) is 11.5 Å². The highest BCUT2D eigenvalue weighted by molar-refractivity contribution is 5.78. The minimum Gasteiger partial charge on any atom is -0.486 e. The molecule has 0 spiro atoms. The quantitative estimate of drug-likeness (QED) is 0.420. The Bertz CT molecular complexity index is 782. The molecule has 0 aliphatic carbocycles. The molecule has 190 valence electrons. The summed E-state index contributed by atoms with van der Waals surface area (Å²) in [6, 6.07) is 5.75. The van der Waals surface area contributed by atoms with Crippen LogP contribution >= 0.6 is 0 Å². The summed E-state index contributed by atoms with van der Waals surface area (Å²) in [4.78, 5) is 28.8. The number of benzene rings is 1. The number of likely N-dealkylation sites (tertiary alicyclic amines) is 1. The number of piperidine rings is 1. The normalized spacial score (nSPS) is 15.8. The van der Waals surface area contributed by atoms with Gasteiger partial charge in [-0.2, -0.15) is 0 Å². The average molecular weight is 481 g/mol. The molecule has 0 bridgehead atoms. The van der Waals surface area contributed by atoms with Crippen LogP contribution in [0.15, 0.2) is 18.2 Å². The molecule has 0 unspecified atom stereocenters. The van der Waals surface area contributed by atoms with Gasteiger partial charge in [-0.05, 0) is 37.5 Å². The highest BCUT2D eigenvalue weighted by Gasteiger charge is 2.30. The standard InChI is InChI=1S/C24H36N2O8/c1-3-32-24(28)25-8-6-20(7-9-25)26(23(27)18-31-13-12-30-11-10-29-2)17-19-4-5-21-22(16-19)34-15-14-33-21/h4-5,16,20H,3,6-15,17-18H2,1-2H3. The Balaban J connectivity index is 1.59. The topological polar surface area (TPSA) is 96.0 Å². The van der Waals surface area contributed by atoms with Gasteiger partial charge >= 0.3 is 6.09 Å². The van der Waals surface area contributed by atoms with E-state index in [2.05, 4.69) is 0 Å². The van der Waals surface area contributed by atoms with E-state index >= 15 is 0 Å². The number of nitrogens with zero attached hydrogens (tertiary/aromatic N) is 2. The van der Waals surface area contributed by atoms with Crippen molar-refractivity contribution in [3.8, 4) is 11.5 Å². The van der Waals surface area contributed by atoms with Gasteiger partial charge in [-0.3, -0.25) is 4.79 Å². The van der Waals surface area contributed by atoms with Gasteiger partial charge in [0.2, 0.25) is 5.91 Å². The first-order valence-corrected chi connectivity index (χ1v) is 11.9. The largest absolute Gasteiger partial charge is 0.486 e. The molecule has 1 fully saturated rings. The van der Waals surface area contributed by atoms with Crippen molar-refractivity contribution in [3.63, 3.8) is 0 Å². The third-order valence-electron chi connectivity index (χ3n) is 5.74. The first-order chi connectivity index (χ1) is 16.6. The first-order valence-electron chi connectivity index (χ1n) is 11.9. The maximum absolute atomic E-state index is 13.2. The van der Waals surface area contributed by atoms with Crippen LogP contribution in [0.25, 0.3) is 0 Å². The third-order valence-corrected chi connectivity index (χ3v) is 5.74. The van der Waals surface area contributed by atoms with Crippen molar-refractivity contribution in [2.75, 3.05) is 73.1 Å². The monoisotopic (exact) mass is 480 g/mol. The Labute approximate surface area is 201 Å². The zero-order valence-corrected chi connectivity index (χ0v) is 20.2. The van der Waals surface area contributed by atoms with Crippen LogP contribution in [0.5, 0.6) is 11.5 Å². The van der Waals surface area contributed by atoms with Crippen molar-refractivity contribution in [1.29, 1.82) is 0 Å². The molecule has 0 atom stereocenters. The molecule has 1 aromatic carbocycles. The van der Waals surface area contributed by atoms with Crippen molar-refractivity contribution in [2.24, 2.45) is 0 Å². The van der Waals surface area contributed by atoms with Gasteiger partial charge < -0.3 is 38.2 Å². The number of fused-ring (bicyclic) bond motifs is 1. The van der Waals surface area contributed by atoms with Gasteiger partial charge in [0.25, 0.3) is 0 Å². The third kappa shape index (κ3) is 7.75. The lowest BCUT2D eigenvalue weighted by Crippen LogP contribution is -2.49. The maximum atomic E-state index is 13.2. The summed E-state index contributed by atoms with van der Waals surface area (Å²) in [6.07, 6.45) is 1.05. The summed E-state index contributed by atoms with van der Waals surface area (Å²) in [6.45, 7) is 6.39. The fraction of sp³-hybridized carbons (Fsp3) is 0.667. The number of carbonyl (C=O) groups excluding carboxylic acids is 2. The van der Waals surface area contributed by atoms with Gasteiger partial charge in [0.1, 0.15) is 19.8 Å². The second-order valence-corrected chi connectivity index (χ2v) is 8.07. The smallest absolute Gasteiger partial charge is 0.409 e. The molecule has 10 heteroatoms. The maximum Gasteiger partial charge on any atom is 0.409 e. The van der Waals surface area contributed by atoms with Crippen LogP contribution in [0.2, 0.25) is 0 Å². The Hall–Kier alpha value is -2.56. The van der Waals surface area contributed by atoms with Crippen molar-refractivity contribution >= 4 is 12.0 Å². The van der Waals surface area contributed by atoms with E-state index in [1.165, 1.54) is 0 Å². The van der Waals surface area contributed by atoms with Crippen LogP contribution in [0.1, 0.15) is 25.3 Å². The fourth-order valence-electron chi connectivity index (χ4n) is 3.98. The molecule has 10 nitrogen and oxygen atoms in total. The van der Waals surface area contributed by atoms with E-state index < -0.39 is 0 Å². The lowest BCUT2D eigenvalue weighted by molar-refractivity contribution is -0.140. The lowest BCUT2D eigenvalue weighted by atomic mass is 10.0. The minimum atomic E-state index is -0.303. The number of hydrogen-bond donors (Lipinski definition) is 0. The van der Waals surface area contributed by atoms with Crippen LogP contribution in [0.4, 0.5) is 4.79 Å². The Morgan fingerprint density at radius 1 is 1.03 bits per heavy atom. The summed E-state index contributed by atoms with van der Waals surface area (Å²) >= 11 is 0. The molecule has 34 heavy (non-hydrogen) atoms. The summed E-state index contributed by atoms with van der Waals surface area (Å²) in [7, 11) is 1.62. The highest BCUT2D eigenvalue weighted by atomic mass is 16.6. The van der Waals surface area contributed by atoms with Gasteiger partial charge in [-0.25, -0.2) is 4.79 Å². The summed E-state index contributed by atoms with van der Waals surface area (Å²) in [5.74, 6) is 1.31. The highest BCUT2D eigenvalue weighted by Crippen LogP contribution is 2.31. The summed E-state index contributed by atoms with van der Waals surface area (Å²) in [5, 5.41) is 0. The van der Waals surface area contributed by atoms with E-state index in [4.69, 9.17) is 28.4 Å². The molecule has 1 saturated heterocycles. The van der Waals surface area contributed by atoms with E-state index in [9.17, 15) is 9.59 Å². The zero-order chi connectivity index (χ0) is 24.2. The molecule has 2 aliphatic rings. The van der Waals surface area contributed by atoms with E-state index in [-0.39, 0.29) is 24.6 Å². The van der Waals surface area contributed by atoms with Crippen molar-refractivity contribution in [1.82, 2.24) is 9.80 Å². The molecular weight excluding hydrogens is 444 g/mol. The Morgan fingerprint density at radius 3 is 2.47 bits per heavy atom. The van der Waals surface area contributed by atoms with Crippen LogP contribution in [-0.4, -0.2) is 101 Å². The van der Waals surface area contributed by atoms with Crippen LogP contribution in [0.3, 0.4) is 0 Å². The first kappa shape index (κ1) is 26.1. The molecule has 1 aromatic rings. The predicted octanol–water partition coefficient (Wildman–Crippen LogP) is 2.09. The Kier molecular flexibility index (Phi) is 10.7.